The lowest BCUT2D eigenvalue weighted by molar-refractivity contribution is 0.396. The van der Waals surface area contributed by atoms with E-state index >= 15 is 0 Å². The van der Waals surface area contributed by atoms with Crippen LogP contribution in [0, 0.1) is 0 Å². The first kappa shape index (κ1) is 11.0. The van der Waals surface area contributed by atoms with Crippen molar-refractivity contribution in [1.29, 1.82) is 0 Å². The van der Waals surface area contributed by atoms with Gasteiger partial charge in [0.25, 0.3) is 0 Å². The molecule has 0 aliphatic carbocycles. The Morgan fingerprint density at radius 3 is 2.73 bits per heavy atom. The zero-order valence-electron chi connectivity index (χ0n) is 7.51. The van der Waals surface area contributed by atoms with Gasteiger partial charge in [0.2, 0.25) is 0 Å². The maximum absolute atomic E-state index is 5.84. The van der Waals surface area contributed by atoms with Crippen molar-refractivity contribution in [2.24, 2.45) is 0 Å². The van der Waals surface area contributed by atoms with Crippen LogP contribution in [0.25, 0.3) is 11.3 Å². The topological polar surface area (TPSA) is 26.0 Å². The van der Waals surface area contributed by atoms with Crippen LogP contribution in [-0.4, -0.2) is 5.16 Å². The van der Waals surface area contributed by atoms with Gasteiger partial charge in [0, 0.05) is 21.1 Å². The van der Waals surface area contributed by atoms with Gasteiger partial charge in [0.05, 0.1) is 5.88 Å². The Morgan fingerprint density at radius 2 is 2.13 bits per heavy atom. The normalized spacial score (nSPS) is 10.6. The first-order valence-electron chi connectivity index (χ1n) is 4.17. The molecular weight excluding hydrogens is 301 g/mol. The summed E-state index contributed by atoms with van der Waals surface area (Å²) in [4.78, 5) is 0. The second-order valence-corrected chi connectivity index (χ2v) is 4.49. The molecule has 78 valence electrons. The Hall–Kier alpha value is -0.510. The second kappa shape index (κ2) is 4.56. The highest BCUT2D eigenvalue weighted by Gasteiger charge is 2.09. The summed E-state index contributed by atoms with van der Waals surface area (Å²) in [7, 11) is 0. The van der Waals surface area contributed by atoms with Gasteiger partial charge in [-0.05, 0) is 12.1 Å². The molecule has 15 heavy (non-hydrogen) atoms. The number of rotatable bonds is 2. The predicted octanol–water partition coefficient (Wildman–Crippen LogP) is 4.50. The van der Waals surface area contributed by atoms with Crippen molar-refractivity contribution in [3.05, 3.63) is 39.5 Å². The fourth-order valence-electron chi connectivity index (χ4n) is 1.20. The molecule has 0 fully saturated rings. The molecule has 0 saturated heterocycles. The fourth-order valence-corrected chi connectivity index (χ4v) is 2.21. The molecular formula is C10H6BrCl2NO. The summed E-state index contributed by atoms with van der Waals surface area (Å²) >= 11 is 14.9. The summed E-state index contributed by atoms with van der Waals surface area (Å²) in [5, 5.41) is 4.59. The smallest absolute Gasteiger partial charge is 0.152 e. The highest BCUT2D eigenvalue weighted by Crippen LogP contribution is 2.30. The van der Waals surface area contributed by atoms with Crippen LogP contribution in [0.5, 0.6) is 0 Å². The fraction of sp³-hybridized carbons (Fsp3) is 0.100. The Labute approximate surface area is 105 Å². The predicted molar refractivity (Wildman–Crippen MR) is 64.2 cm³/mol. The lowest BCUT2D eigenvalue weighted by Gasteiger charge is -1.99. The molecule has 2 rings (SSSR count). The second-order valence-electron chi connectivity index (χ2n) is 2.94. The summed E-state index contributed by atoms with van der Waals surface area (Å²) in [6, 6.07) is 7.30. The van der Waals surface area contributed by atoms with E-state index in [1.165, 1.54) is 0 Å². The Kier molecular flexibility index (Phi) is 3.34. The van der Waals surface area contributed by atoms with Gasteiger partial charge < -0.3 is 4.52 Å². The summed E-state index contributed by atoms with van der Waals surface area (Å²) in [6.45, 7) is 0. The largest absolute Gasteiger partial charge is 0.359 e. The first-order valence-corrected chi connectivity index (χ1v) is 5.88. The van der Waals surface area contributed by atoms with E-state index in [-0.39, 0.29) is 0 Å². The molecule has 0 radical (unpaired) electrons. The van der Waals surface area contributed by atoms with Crippen LogP contribution < -0.4 is 0 Å². The zero-order valence-corrected chi connectivity index (χ0v) is 10.6. The van der Waals surface area contributed by atoms with E-state index in [0.717, 1.165) is 15.7 Å². The van der Waals surface area contributed by atoms with Crippen molar-refractivity contribution in [3.8, 4) is 11.3 Å². The SMILES string of the molecule is ClCc1cc(-c2ccc(Cl)cc2Br)no1. The van der Waals surface area contributed by atoms with E-state index in [9.17, 15) is 0 Å². The minimum absolute atomic E-state index is 0.318. The van der Waals surface area contributed by atoms with Gasteiger partial charge in [-0.15, -0.1) is 11.6 Å². The van der Waals surface area contributed by atoms with Crippen molar-refractivity contribution in [2.75, 3.05) is 0 Å². The monoisotopic (exact) mass is 305 g/mol. The summed E-state index contributed by atoms with van der Waals surface area (Å²) in [6.07, 6.45) is 0. The average molecular weight is 307 g/mol. The van der Waals surface area contributed by atoms with Gasteiger partial charge in [-0.25, -0.2) is 0 Å². The third-order valence-corrected chi connectivity index (χ3v) is 3.05. The van der Waals surface area contributed by atoms with E-state index in [4.69, 9.17) is 27.7 Å². The number of alkyl halides is 1. The Bertz CT molecular complexity index is 484. The van der Waals surface area contributed by atoms with Gasteiger partial charge in [-0.2, -0.15) is 0 Å². The molecule has 1 aromatic carbocycles. The van der Waals surface area contributed by atoms with Crippen LogP contribution in [0.4, 0.5) is 0 Å². The molecule has 0 spiro atoms. The zero-order chi connectivity index (χ0) is 10.8. The Morgan fingerprint density at radius 1 is 1.33 bits per heavy atom. The van der Waals surface area contributed by atoms with Crippen LogP contribution in [0.3, 0.4) is 0 Å². The third kappa shape index (κ3) is 2.36. The Balaban J connectivity index is 2.44. The standard InChI is InChI=1S/C10H6BrCl2NO/c11-9-3-6(13)1-2-8(9)10-4-7(5-12)15-14-10/h1-4H,5H2. The maximum Gasteiger partial charge on any atom is 0.152 e. The van der Waals surface area contributed by atoms with Gasteiger partial charge >= 0.3 is 0 Å². The summed E-state index contributed by atoms with van der Waals surface area (Å²) in [5.41, 5.74) is 1.67. The molecule has 5 heteroatoms. The molecule has 0 unspecified atom stereocenters. The third-order valence-electron chi connectivity index (χ3n) is 1.90. The number of aromatic nitrogens is 1. The summed E-state index contributed by atoms with van der Waals surface area (Å²) < 4.78 is 5.90. The van der Waals surface area contributed by atoms with E-state index < -0.39 is 0 Å². The number of hydrogen-bond acceptors (Lipinski definition) is 2. The molecule has 0 N–H and O–H groups in total. The van der Waals surface area contributed by atoms with Crippen molar-refractivity contribution < 1.29 is 4.52 Å². The number of halogens is 3. The molecule has 0 aliphatic rings. The van der Waals surface area contributed by atoms with Gasteiger partial charge in [-0.3, -0.25) is 0 Å². The molecule has 0 saturated carbocycles. The number of nitrogens with zero attached hydrogens (tertiary/aromatic N) is 1. The molecule has 1 aromatic heterocycles. The lowest BCUT2D eigenvalue weighted by atomic mass is 10.1. The number of benzene rings is 1. The van der Waals surface area contributed by atoms with E-state index in [2.05, 4.69) is 21.1 Å². The van der Waals surface area contributed by atoms with Crippen LogP contribution >= 0.6 is 39.1 Å². The summed E-state index contributed by atoms with van der Waals surface area (Å²) in [5.74, 6) is 0.964. The van der Waals surface area contributed by atoms with Crippen LogP contribution in [0.1, 0.15) is 5.76 Å². The molecule has 0 amide bonds. The average Bonchev–Trinajstić information content (AvgIpc) is 2.66. The van der Waals surface area contributed by atoms with Gasteiger partial charge in [0.15, 0.2) is 5.76 Å². The molecule has 0 aliphatic heterocycles. The van der Waals surface area contributed by atoms with E-state index in [1.807, 2.05) is 12.1 Å². The van der Waals surface area contributed by atoms with Crippen molar-refractivity contribution in [1.82, 2.24) is 5.16 Å². The van der Waals surface area contributed by atoms with Crippen molar-refractivity contribution in [2.45, 2.75) is 5.88 Å². The highest BCUT2D eigenvalue weighted by atomic mass is 79.9. The van der Waals surface area contributed by atoms with Gasteiger partial charge in [-0.1, -0.05) is 38.8 Å². The minimum Gasteiger partial charge on any atom is -0.359 e. The lowest BCUT2D eigenvalue weighted by Crippen LogP contribution is -1.79. The quantitative estimate of drug-likeness (QED) is 0.764. The first-order chi connectivity index (χ1) is 7.20. The van der Waals surface area contributed by atoms with E-state index in [1.54, 1.807) is 12.1 Å². The highest BCUT2D eigenvalue weighted by molar-refractivity contribution is 9.10. The molecule has 0 bridgehead atoms. The van der Waals surface area contributed by atoms with Crippen molar-refractivity contribution >= 4 is 39.1 Å². The molecule has 0 atom stereocenters. The minimum atomic E-state index is 0.318. The molecule has 2 nitrogen and oxygen atoms in total. The van der Waals surface area contributed by atoms with E-state index in [0.29, 0.717) is 16.7 Å². The molecule has 1 heterocycles. The maximum atomic E-state index is 5.84. The van der Waals surface area contributed by atoms with Crippen molar-refractivity contribution in [3.63, 3.8) is 0 Å². The van der Waals surface area contributed by atoms with Gasteiger partial charge in [0.1, 0.15) is 5.69 Å². The number of hydrogen-bond donors (Lipinski definition) is 0. The van der Waals surface area contributed by atoms with Crippen LogP contribution in [0.15, 0.2) is 33.3 Å². The van der Waals surface area contributed by atoms with Crippen LogP contribution in [-0.2, 0) is 5.88 Å². The van der Waals surface area contributed by atoms with Crippen LogP contribution in [0.2, 0.25) is 5.02 Å². The molecule has 2 aromatic rings.